The van der Waals surface area contributed by atoms with Gasteiger partial charge >= 0.3 is 5.97 Å². The minimum Gasteiger partial charge on any atom is -0.459 e. The minimum atomic E-state index is -0.240. The molecule has 0 saturated carbocycles. The molecule has 2 rings (SSSR count). The molecule has 0 unspecified atom stereocenters. The number of esters is 1. The predicted molar refractivity (Wildman–Crippen MR) is 75.2 cm³/mol. The molecular formula is C13H17BrO3S. The zero-order valence-corrected chi connectivity index (χ0v) is 13.2. The lowest BCUT2D eigenvalue weighted by atomic mass is 9.89. The zero-order valence-electron chi connectivity index (χ0n) is 10.8. The van der Waals surface area contributed by atoms with Crippen LogP contribution in [0.2, 0.25) is 0 Å². The number of aryl methyl sites for hydroxylation is 2. The molecule has 1 aromatic heterocycles. The molecule has 0 amide bonds. The van der Waals surface area contributed by atoms with Gasteiger partial charge in [-0.2, -0.15) is 0 Å². The van der Waals surface area contributed by atoms with Crippen molar-refractivity contribution in [1.82, 2.24) is 0 Å². The van der Waals surface area contributed by atoms with Crippen LogP contribution in [0, 0.1) is 13.8 Å². The van der Waals surface area contributed by atoms with Crippen LogP contribution in [0.15, 0.2) is 4.47 Å². The summed E-state index contributed by atoms with van der Waals surface area (Å²) in [5, 5.41) is 0. The van der Waals surface area contributed by atoms with Crippen LogP contribution in [0.4, 0.5) is 0 Å². The lowest BCUT2D eigenvalue weighted by Crippen LogP contribution is -2.34. The number of hydrogen-bond donors (Lipinski definition) is 0. The van der Waals surface area contributed by atoms with Crippen molar-refractivity contribution in [3.8, 4) is 0 Å². The number of carbonyl (C=O) groups excluding carboxylic acids is 1. The molecule has 1 aromatic rings. The summed E-state index contributed by atoms with van der Waals surface area (Å²) in [7, 11) is 0. The summed E-state index contributed by atoms with van der Waals surface area (Å²) in [5.74, 6) is -0.00166. The van der Waals surface area contributed by atoms with Gasteiger partial charge in [0.05, 0.1) is 6.61 Å². The van der Waals surface area contributed by atoms with Gasteiger partial charge in [0.15, 0.2) is 0 Å². The first kappa shape index (κ1) is 14.0. The van der Waals surface area contributed by atoms with Gasteiger partial charge < -0.3 is 9.47 Å². The second-order valence-corrected chi connectivity index (χ2v) is 6.78. The Bertz CT molecular complexity index is 455. The average molecular weight is 333 g/mol. The Morgan fingerprint density at radius 2 is 2.17 bits per heavy atom. The fourth-order valence-corrected chi connectivity index (χ4v) is 4.46. The van der Waals surface area contributed by atoms with Crippen molar-refractivity contribution in [3.63, 3.8) is 0 Å². The molecule has 1 aliphatic rings. The van der Waals surface area contributed by atoms with Crippen molar-refractivity contribution >= 4 is 33.2 Å². The third-order valence-corrected chi connectivity index (χ3v) is 5.54. The highest BCUT2D eigenvalue weighted by Gasteiger charge is 2.33. The van der Waals surface area contributed by atoms with E-state index in [0.29, 0.717) is 6.61 Å². The second-order valence-electron chi connectivity index (χ2n) is 4.56. The van der Waals surface area contributed by atoms with E-state index in [1.807, 2.05) is 0 Å². The van der Waals surface area contributed by atoms with E-state index in [0.717, 1.165) is 17.5 Å². The number of rotatable bonds is 2. The normalized spacial score (nSPS) is 24.0. The van der Waals surface area contributed by atoms with E-state index in [1.165, 1.54) is 22.2 Å². The maximum absolute atomic E-state index is 11.2. The van der Waals surface area contributed by atoms with Crippen molar-refractivity contribution in [3.05, 3.63) is 19.8 Å². The van der Waals surface area contributed by atoms with Gasteiger partial charge in [-0.05, 0) is 41.8 Å². The Kier molecular flexibility index (Phi) is 4.45. The van der Waals surface area contributed by atoms with Crippen molar-refractivity contribution in [2.75, 3.05) is 13.2 Å². The molecule has 2 heterocycles. The first-order chi connectivity index (χ1) is 8.50. The lowest BCUT2D eigenvalue weighted by molar-refractivity contribution is -0.154. The monoisotopic (exact) mass is 332 g/mol. The van der Waals surface area contributed by atoms with Crippen LogP contribution in [0.3, 0.4) is 0 Å². The number of carbonyl (C=O) groups is 1. The lowest BCUT2D eigenvalue weighted by Gasteiger charge is -2.31. The number of thiophene rings is 1. The van der Waals surface area contributed by atoms with Crippen molar-refractivity contribution < 1.29 is 14.3 Å². The van der Waals surface area contributed by atoms with E-state index in [1.54, 1.807) is 11.3 Å². The van der Waals surface area contributed by atoms with Crippen LogP contribution < -0.4 is 0 Å². The molecule has 1 aliphatic heterocycles. The van der Waals surface area contributed by atoms with Crippen molar-refractivity contribution in [2.45, 2.75) is 39.2 Å². The minimum absolute atomic E-state index is 0.166. The van der Waals surface area contributed by atoms with Crippen LogP contribution in [-0.4, -0.2) is 25.3 Å². The van der Waals surface area contributed by atoms with Crippen molar-refractivity contribution in [2.24, 2.45) is 0 Å². The highest BCUT2D eigenvalue weighted by atomic mass is 79.9. The van der Waals surface area contributed by atoms with Crippen molar-refractivity contribution in [1.29, 1.82) is 0 Å². The Morgan fingerprint density at radius 3 is 2.72 bits per heavy atom. The molecule has 0 spiro atoms. The maximum atomic E-state index is 11.2. The molecule has 0 N–H and O–H groups in total. The van der Waals surface area contributed by atoms with E-state index in [4.69, 9.17) is 9.47 Å². The Hall–Kier alpha value is -0.390. The zero-order chi connectivity index (χ0) is 13.3. The summed E-state index contributed by atoms with van der Waals surface area (Å²) >= 11 is 5.44. The smallest absolute Gasteiger partial charge is 0.303 e. The van der Waals surface area contributed by atoms with Gasteiger partial charge in [-0.15, -0.1) is 11.3 Å². The number of hydrogen-bond acceptors (Lipinski definition) is 4. The summed E-state index contributed by atoms with van der Waals surface area (Å²) in [6.07, 6.45) is 0.730. The summed E-state index contributed by atoms with van der Waals surface area (Å²) in [4.78, 5) is 13.7. The Labute approximate surface area is 120 Å². The fraction of sp³-hybridized carbons (Fsp3) is 0.615. The van der Waals surface area contributed by atoms with Crippen LogP contribution in [0.25, 0.3) is 0 Å². The van der Waals surface area contributed by atoms with Crippen LogP contribution in [0.1, 0.15) is 34.6 Å². The average Bonchev–Trinajstić information content (AvgIpc) is 2.54. The Balaban J connectivity index is 2.30. The summed E-state index contributed by atoms with van der Waals surface area (Å²) in [5.41, 5.74) is 1.28. The SMILES string of the molecule is CC(=O)O[C@H]1COCC[C@H]1c1c(C)sc(C)c1Br. The Morgan fingerprint density at radius 1 is 1.44 bits per heavy atom. The third-order valence-electron chi connectivity index (χ3n) is 3.22. The number of ether oxygens (including phenoxy) is 2. The highest BCUT2D eigenvalue weighted by Crippen LogP contribution is 2.41. The standard InChI is InChI=1S/C13H17BrO3S/c1-7-12(13(14)8(2)18-7)10-4-5-16-6-11(10)17-9(3)15/h10-11H,4-6H2,1-3H3/t10-,11+/m1/s1. The van der Waals surface area contributed by atoms with Crippen LogP contribution in [0.5, 0.6) is 0 Å². The quantitative estimate of drug-likeness (QED) is 0.777. The predicted octanol–water partition coefficient (Wildman–Crippen LogP) is 3.56. The first-order valence-corrected chi connectivity index (χ1v) is 7.62. The summed E-state index contributed by atoms with van der Waals surface area (Å²) in [6.45, 7) is 6.89. The molecule has 1 fully saturated rings. The third kappa shape index (κ3) is 2.78. The van der Waals surface area contributed by atoms with E-state index >= 15 is 0 Å². The van der Waals surface area contributed by atoms with E-state index < -0.39 is 0 Å². The summed E-state index contributed by atoms with van der Waals surface area (Å²) < 4.78 is 12.0. The molecule has 0 aliphatic carbocycles. The maximum Gasteiger partial charge on any atom is 0.303 e. The molecular weight excluding hydrogens is 316 g/mol. The van der Waals surface area contributed by atoms with Gasteiger partial charge in [0.2, 0.25) is 0 Å². The van der Waals surface area contributed by atoms with E-state index in [-0.39, 0.29) is 18.0 Å². The molecule has 0 aromatic carbocycles. The molecule has 3 nitrogen and oxygen atoms in total. The van der Waals surface area contributed by atoms with E-state index in [9.17, 15) is 4.79 Å². The molecule has 2 atom stereocenters. The molecule has 100 valence electrons. The van der Waals surface area contributed by atoms with Gasteiger partial charge in [0.25, 0.3) is 0 Å². The van der Waals surface area contributed by atoms with Gasteiger partial charge in [-0.1, -0.05) is 0 Å². The first-order valence-electron chi connectivity index (χ1n) is 6.01. The van der Waals surface area contributed by atoms with Gasteiger partial charge in [0.1, 0.15) is 6.10 Å². The highest BCUT2D eigenvalue weighted by molar-refractivity contribution is 9.10. The second kappa shape index (κ2) is 5.72. The molecule has 18 heavy (non-hydrogen) atoms. The number of halogens is 1. The van der Waals surface area contributed by atoms with Gasteiger partial charge in [-0.3, -0.25) is 4.79 Å². The molecule has 1 saturated heterocycles. The molecule has 0 bridgehead atoms. The fourth-order valence-electron chi connectivity index (χ4n) is 2.47. The van der Waals surface area contributed by atoms with Gasteiger partial charge in [-0.25, -0.2) is 0 Å². The largest absolute Gasteiger partial charge is 0.459 e. The molecule has 5 heteroatoms. The van der Waals surface area contributed by atoms with Crippen LogP contribution >= 0.6 is 27.3 Å². The van der Waals surface area contributed by atoms with Crippen LogP contribution in [-0.2, 0) is 14.3 Å². The molecule has 0 radical (unpaired) electrons. The van der Waals surface area contributed by atoms with Gasteiger partial charge in [0, 0.05) is 33.7 Å². The topological polar surface area (TPSA) is 35.5 Å². The summed E-state index contributed by atoms with van der Waals surface area (Å²) in [6, 6.07) is 0. The van der Waals surface area contributed by atoms with E-state index in [2.05, 4.69) is 29.8 Å².